The first-order valence-corrected chi connectivity index (χ1v) is 7.55. The van der Waals surface area contributed by atoms with Crippen LogP contribution in [-0.2, 0) is 0 Å². The van der Waals surface area contributed by atoms with Gasteiger partial charge in [-0.3, -0.25) is 0 Å². The average Bonchev–Trinajstić information content (AvgIpc) is 2.51. The van der Waals surface area contributed by atoms with Gasteiger partial charge >= 0.3 is 0 Å². The van der Waals surface area contributed by atoms with Crippen molar-refractivity contribution in [1.82, 2.24) is 5.32 Å². The Kier molecular flexibility index (Phi) is 6.80. The summed E-state index contributed by atoms with van der Waals surface area (Å²) >= 11 is 0. The number of nitrogens with one attached hydrogen (secondary N) is 1. The predicted molar refractivity (Wildman–Crippen MR) is 82.3 cm³/mol. The molecule has 1 aromatic carbocycles. The van der Waals surface area contributed by atoms with Crippen molar-refractivity contribution in [1.29, 1.82) is 5.26 Å². The summed E-state index contributed by atoms with van der Waals surface area (Å²) < 4.78 is 14.0. The van der Waals surface area contributed by atoms with Gasteiger partial charge in [0.1, 0.15) is 5.82 Å². The number of nitriles is 1. The largest absolute Gasteiger partial charge is 0.396 e. The van der Waals surface area contributed by atoms with Gasteiger partial charge in [0.05, 0.1) is 11.6 Å². The summed E-state index contributed by atoms with van der Waals surface area (Å²) in [7, 11) is 0. The molecule has 0 aliphatic rings. The van der Waals surface area contributed by atoms with Gasteiger partial charge in [-0.15, -0.1) is 0 Å². The maximum atomic E-state index is 14.0. The van der Waals surface area contributed by atoms with Gasteiger partial charge in [0, 0.05) is 24.8 Å². The summed E-state index contributed by atoms with van der Waals surface area (Å²) in [6.45, 7) is 7.06. The van der Waals surface area contributed by atoms with Gasteiger partial charge in [0.25, 0.3) is 0 Å². The summed E-state index contributed by atoms with van der Waals surface area (Å²) in [6.07, 6.45) is 2.69. The molecule has 4 heteroatoms. The van der Waals surface area contributed by atoms with E-state index in [0.29, 0.717) is 11.1 Å². The summed E-state index contributed by atoms with van der Waals surface area (Å²) in [5.41, 5.74) is 0.950. The smallest absolute Gasteiger partial charge is 0.129 e. The molecule has 1 atom stereocenters. The van der Waals surface area contributed by atoms with Crippen LogP contribution in [0.25, 0.3) is 0 Å². The zero-order valence-electron chi connectivity index (χ0n) is 13.1. The van der Waals surface area contributed by atoms with Crippen LogP contribution in [0.15, 0.2) is 18.2 Å². The first-order chi connectivity index (χ1) is 10.0. The molecule has 0 heterocycles. The Labute approximate surface area is 126 Å². The number of rotatable bonds is 8. The fourth-order valence-electron chi connectivity index (χ4n) is 2.61. The fraction of sp³-hybridized carbons (Fsp3) is 0.588. The average molecular weight is 292 g/mol. The van der Waals surface area contributed by atoms with Crippen LogP contribution >= 0.6 is 0 Å². The minimum absolute atomic E-state index is 0.0477. The van der Waals surface area contributed by atoms with E-state index in [9.17, 15) is 9.50 Å². The second kappa shape index (κ2) is 8.11. The summed E-state index contributed by atoms with van der Waals surface area (Å²) in [5.74, 6) is -0.352. The molecular formula is C17H25FN2O. The molecule has 0 bridgehead atoms. The third-order valence-electron chi connectivity index (χ3n) is 4.52. The molecule has 2 N–H and O–H groups in total. The Morgan fingerprint density at radius 1 is 1.38 bits per heavy atom. The molecule has 0 saturated carbocycles. The second-order valence-electron chi connectivity index (χ2n) is 5.63. The number of nitrogens with zero attached hydrogens (tertiary/aromatic N) is 1. The van der Waals surface area contributed by atoms with E-state index in [0.717, 1.165) is 25.8 Å². The van der Waals surface area contributed by atoms with Gasteiger partial charge in [-0.25, -0.2) is 4.39 Å². The van der Waals surface area contributed by atoms with E-state index in [2.05, 4.69) is 19.2 Å². The SMILES string of the molecule is CCC(CC)(CCO)CNC(C)c1ccc(C#N)cc1F. The van der Waals surface area contributed by atoms with Gasteiger partial charge in [0.2, 0.25) is 0 Å². The van der Waals surface area contributed by atoms with Crippen molar-refractivity contribution < 1.29 is 9.50 Å². The monoisotopic (exact) mass is 292 g/mol. The lowest BCUT2D eigenvalue weighted by Gasteiger charge is -2.33. The fourth-order valence-corrected chi connectivity index (χ4v) is 2.61. The van der Waals surface area contributed by atoms with Crippen LogP contribution in [0.3, 0.4) is 0 Å². The van der Waals surface area contributed by atoms with Gasteiger partial charge < -0.3 is 10.4 Å². The van der Waals surface area contributed by atoms with Crippen molar-refractivity contribution in [2.24, 2.45) is 5.41 Å². The van der Waals surface area contributed by atoms with E-state index >= 15 is 0 Å². The van der Waals surface area contributed by atoms with Gasteiger partial charge in [0.15, 0.2) is 0 Å². The highest BCUT2D eigenvalue weighted by molar-refractivity contribution is 5.34. The lowest BCUT2D eigenvalue weighted by Crippen LogP contribution is -2.36. The number of hydrogen-bond donors (Lipinski definition) is 2. The molecule has 1 unspecified atom stereocenters. The van der Waals surface area contributed by atoms with Gasteiger partial charge in [-0.2, -0.15) is 5.26 Å². The normalized spacial score (nSPS) is 13.0. The maximum Gasteiger partial charge on any atom is 0.129 e. The van der Waals surface area contributed by atoms with Crippen LogP contribution in [0.2, 0.25) is 0 Å². The van der Waals surface area contributed by atoms with Crippen molar-refractivity contribution in [3.8, 4) is 6.07 Å². The third kappa shape index (κ3) is 4.52. The quantitative estimate of drug-likeness (QED) is 0.770. The van der Waals surface area contributed by atoms with Crippen molar-refractivity contribution in [3.05, 3.63) is 35.1 Å². The second-order valence-corrected chi connectivity index (χ2v) is 5.63. The first kappa shape index (κ1) is 17.6. The molecule has 1 aromatic rings. The lowest BCUT2D eigenvalue weighted by atomic mass is 9.79. The van der Waals surface area contributed by atoms with Crippen molar-refractivity contribution in [3.63, 3.8) is 0 Å². The van der Waals surface area contributed by atoms with E-state index in [4.69, 9.17) is 5.26 Å². The number of halogens is 1. The lowest BCUT2D eigenvalue weighted by molar-refractivity contribution is 0.160. The minimum Gasteiger partial charge on any atom is -0.396 e. The topological polar surface area (TPSA) is 56.0 Å². The summed E-state index contributed by atoms with van der Waals surface area (Å²) in [5, 5.41) is 21.4. The van der Waals surface area contributed by atoms with E-state index in [1.165, 1.54) is 6.07 Å². The van der Waals surface area contributed by atoms with Crippen LogP contribution < -0.4 is 5.32 Å². The number of aliphatic hydroxyl groups excluding tert-OH is 1. The maximum absolute atomic E-state index is 14.0. The van der Waals surface area contributed by atoms with Gasteiger partial charge in [-0.05, 0) is 43.7 Å². The Morgan fingerprint density at radius 3 is 2.52 bits per heavy atom. The molecule has 0 spiro atoms. The molecule has 0 aliphatic carbocycles. The molecular weight excluding hydrogens is 267 g/mol. The van der Waals surface area contributed by atoms with E-state index in [-0.39, 0.29) is 23.9 Å². The highest BCUT2D eigenvalue weighted by atomic mass is 19.1. The third-order valence-corrected chi connectivity index (χ3v) is 4.52. The molecule has 1 rings (SSSR count). The standard InChI is InChI=1S/C17H25FN2O/c1-4-17(5-2,8-9-21)12-20-13(3)15-7-6-14(11-19)10-16(15)18/h6-7,10,13,20-21H,4-5,8-9,12H2,1-3H3. The predicted octanol–water partition coefficient (Wildman–Crippen LogP) is 3.54. The van der Waals surface area contributed by atoms with E-state index in [1.807, 2.05) is 13.0 Å². The molecule has 0 saturated heterocycles. The Morgan fingerprint density at radius 2 is 2.05 bits per heavy atom. The molecule has 0 aromatic heterocycles. The van der Waals surface area contributed by atoms with Crippen LogP contribution in [0.5, 0.6) is 0 Å². The minimum atomic E-state index is -0.352. The molecule has 0 amide bonds. The Bertz CT molecular complexity index is 492. The molecule has 21 heavy (non-hydrogen) atoms. The van der Waals surface area contributed by atoms with E-state index < -0.39 is 0 Å². The first-order valence-electron chi connectivity index (χ1n) is 7.55. The Balaban J connectivity index is 2.77. The molecule has 0 fully saturated rings. The highest BCUT2D eigenvalue weighted by Gasteiger charge is 2.26. The molecule has 0 aliphatic heterocycles. The number of hydrogen-bond acceptors (Lipinski definition) is 3. The molecule has 0 radical (unpaired) electrons. The van der Waals surface area contributed by atoms with E-state index in [1.54, 1.807) is 12.1 Å². The van der Waals surface area contributed by atoms with Crippen molar-refractivity contribution >= 4 is 0 Å². The summed E-state index contributed by atoms with van der Waals surface area (Å²) in [6, 6.07) is 6.38. The summed E-state index contributed by atoms with van der Waals surface area (Å²) in [4.78, 5) is 0. The van der Waals surface area contributed by atoms with Crippen molar-refractivity contribution in [2.75, 3.05) is 13.2 Å². The highest BCUT2D eigenvalue weighted by Crippen LogP contribution is 2.30. The number of aliphatic hydroxyl groups is 1. The van der Waals surface area contributed by atoms with Crippen LogP contribution in [0, 0.1) is 22.6 Å². The van der Waals surface area contributed by atoms with Crippen LogP contribution in [0.4, 0.5) is 4.39 Å². The Hall–Kier alpha value is -1.44. The van der Waals surface area contributed by atoms with Crippen LogP contribution in [-0.4, -0.2) is 18.3 Å². The van der Waals surface area contributed by atoms with Crippen LogP contribution in [0.1, 0.15) is 57.2 Å². The molecule has 3 nitrogen and oxygen atoms in total. The molecule has 116 valence electrons. The zero-order valence-corrected chi connectivity index (χ0v) is 13.1. The van der Waals surface area contributed by atoms with Crippen molar-refractivity contribution in [2.45, 2.75) is 46.1 Å². The van der Waals surface area contributed by atoms with Gasteiger partial charge in [-0.1, -0.05) is 19.9 Å². The zero-order chi connectivity index (χ0) is 15.9. The number of benzene rings is 1.